The Morgan fingerprint density at radius 3 is 2.79 bits per heavy atom. The van der Waals surface area contributed by atoms with Crippen molar-refractivity contribution in [3.8, 4) is 0 Å². The lowest BCUT2D eigenvalue weighted by Gasteiger charge is -2.30. The maximum Gasteiger partial charge on any atom is 0.271 e. The Morgan fingerprint density at radius 1 is 1.42 bits per heavy atom. The van der Waals surface area contributed by atoms with Crippen molar-refractivity contribution in [3.05, 3.63) is 17.9 Å². The third kappa shape index (κ3) is 3.98. The average Bonchev–Trinajstić information content (AvgIpc) is 2.85. The highest BCUT2D eigenvalue weighted by molar-refractivity contribution is 7.99. The monoisotopic (exact) mass is 304 g/mol. The summed E-state index contributed by atoms with van der Waals surface area (Å²) < 4.78 is 27.4. The summed E-state index contributed by atoms with van der Waals surface area (Å²) >= 11 is 1.89. The van der Waals surface area contributed by atoms with Gasteiger partial charge in [0.2, 0.25) is 5.09 Å². The zero-order chi connectivity index (χ0) is 13.9. The van der Waals surface area contributed by atoms with Crippen molar-refractivity contribution in [2.24, 2.45) is 5.14 Å². The van der Waals surface area contributed by atoms with E-state index in [0.29, 0.717) is 23.6 Å². The van der Waals surface area contributed by atoms with E-state index < -0.39 is 10.0 Å². The van der Waals surface area contributed by atoms with Crippen LogP contribution in [0.4, 0.5) is 0 Å². The number of thioether (sulfide) groups is 1. The van der Waals surface area contributed by atoms with Gasteiger partial charge in [-0.2, -0.15) is 11.8 Å². The molecule has 0 spiro atoms. The molecule has 3 N–H and O–H groups in total. The van der Waals surface area contributed by atoms with Gasteiger partial charge in [0, 0.05) is 11.3 Å². The van der Waals surface area contributed by atoms with Crippen LogP contribution in [0.15, 0.2) is 21.6 Å². The Labute approximate surface area is 118 Å². The van der Waals surface area contributed by atoms with Crippen molar-refractivity contribution < 1.29 is 12.8 Å². The number of nitrogens with one attached hydrogen (secondary N) is 1. The predicted octanol–water partition coefficient (Wildman–Crippen LogP) is 1.69. The van der Waals surface area contributed by atoms with Gasteiger partial charge < -0.3 is 9.73 Å². The number of hydrogen-bond donors (Lipinski definition) is 2. The molecule has 0 bridgehead atoms. The van der Waals surface area contributed by atoms with Crippen LogP contribution in [0.1, 0.15) is 31.4 Å². The van der Waals surface area contributed by atoms with Gasteiger partial charge in [-0.15, -0.1) is 0 Å². The van der Waals surface area contributed by atoms with Gasteiger partial charge in [-0.25, -0.2) is 13.6 Å². The summed E-state index contributed by atoms with van der Waals surface area (Å²) in [6, 6.07) is 3.52. The molecule has 1 aromatic heterocycles. The van der Waals surface area contributed by atoms with Crippen molar-refractivity contribution >= 4 is 21.8 Å². The number of sulfonamides is 1. The van der Waals surface area contributed by atoms with Gasteiger partial charge in [0.1, 0.15) is 5.76 Å². The molecule has 1 saturated carbocycles. The molecular weight excluding hydrogens is 284 g/mol. The average molecular weight is 304 g/mol. The second-order valence-electron chi connectivity index (χ2n) is 4.81. The largest absolute Gasteiger partial charge is 0.447 e. The molecule has 1 aliphatic rings. The van der Waals surface area contributed by atoms with Crippen LogP contribution in [0.2, 0.25) is 0 Å². The second-order valence-corrected chi connectivity index (χ2v) is 7.38. The Morgan fingerprint density at radius 2 is 2.16 bits per heavy atom. The SMILES string of the molecule is CSC1CCCCC1NCc1ccc(S(N)(=O)=O)o1. The maximum absolute atomic E-state index is 11.1. The van der Waals surface area contributed by atoms with E-state index in [0.717, 1.165) is 6.42 Å². The maximum atomic E-state index is 11.1. The molecule has 19 heavy (non-hydrogen) atoms. The van der Waals surface area contributed by atoms with Crippen LogP contribution in [0.25, 0.3) is 0 Å². The molecule has 2 unspecified atom stereocenters. The van der Waals surface area contributed by atoms with Gasteiger partial charge in [-0.05, 0) is 31.2 Å². The fraction of sp³-hybridized carbons (Fsp3) is 0.667. The van der Waals surface area contributed by atoms with Crippen LogP contribution in [-0.2, 0) is 16.6 Å². The van der Waals surface area contributed by atoms with Gasteiger partial charge in [0.15, 0.2) is 0 Å². The van der Waals surface area contributed by atoms with E-state index in [1.165, 1.54) is 25.3 Å². The molecule has 1 heterocycles. The van der Waals surface area contributed by atoms with E-state index >= 15 is 0 Å². The number of rotatable bonds is 5. The first-order valence-corrected chi connectivity index (χ1v) is 9.22. The van der Waals surface area contributed by atoms with Crippen LogP contribution >= 0.6 is 11.8 Å². The lowest BCUT2D eigenvalue weighted by molar-refractivity contribution is 0.350. The molecule has 5 nitrogen and oxygen atoms in total. The van der Waals surface area contributed by atoms with E-state index in [4.69, 9.17) is 9.56 Å². The molecule has 0 aliphatic heterocycles. The highest BCUT2D eigenvalue weighted by Crippen LogP contribution is 2.27. The van der Waals surface area contributed by atoms with Crippen LogP contribution in [0.3, 0.4) is 0 Å². The fourth-order valence-corrected chi connectivity index (χ4v) is 3.89. The summed E-state index contributed by atoms with van der Waals surface area (Å²) in [5.74, 6) is 0.606. The minimum atomic E-state index is -3.74. The first-order valence-electron chi connectivity index (χ1n) is 6.38. The molecule has 0 saturated heterocycles. The Hall–Kier alpha value is -0.500. The summed E-state index contributed by atoms with van der Waals surface area (Å²) in [6.45, 7) is 0.539. The molecule has 0 aromatic carbocycles. The standard InChI is InChI=1S/C12H20N2O3S2/c1-18-11-5-3-2-4-10(11)14-8-9-6-7-12(17-9)19(13,15)16/h6-7,10-11,14H,2-5,8H2,1H3,(H2,13,15,16). The van der Waals surface area contributed by atoms with Crippen molar-refractivity contribution in [2.75, 3.05) is 6.26 Å². The molecule has 0 radical (unpaired) electrons. The first-order chi connectivity index (χ1) is 9.00. The molecule has 108 valence electrons. The molecule has 1 fully saturated rings. The molecule has 7 heteroatoms. The van der Waals surface area contributed by atoms with Gasteiger partial charge in [0.05, 0.1) is 6.54 Å². The topological polar surface area (TPSA) is 85.3 Å². The van der Waals surface area contributed by atoms with Crippen molar-refractivity contribution in [3.63, 3.8) is 0 Å². The highest BCUT2D eigenvalue weighted by Gasteiger charge is 2.24. The number of furan rings is 1. The first kappa shape index (κ1) is 14.9. The minimum absolute atomic E-state index is 0.172. The van der Waals surface area contributed by atoms with Crippen molar-refractivity contribution in [2.45, 2.75) is 48.6 Å². The van der Waals surface area contributed by atoms with E-state index in [2.05, 4.69) is 11.6 Å². The molecule has 1 aliphatic carbocycles. The van der Waals surface area contributed by atoms with E-state index in [1.54, 1.807) is 6.07 Å². The normalized spacial score (nSPS) is 24.5. The Balaban J connectivity index is 1.93. The Kier molecular flexibility index (Phi) is 4.94. The number of nitrogens with two attached hydrogens (primary N) is 1. The summed E-state index contributed by atoms with van der Waals surface area (Å²) in [6.07, 6.45) is 7.07. The summed E-state index contributed by atoms with van der Waals surface area (Å²) in [5, 5.41) is 8.92. The second kappa shape index (κ2) is 6.30. The highest BCUT2D eigenvalue weighted by atomic mass is 32.2. The summed E-state index contributed by atoms with van der Waals surface area (Å²) in [4.78, 5) is 0. The third-order valence-corrected chi connectivity index (χ3v) is 5.41. The zero-order valence-corrected chi connectivity index (χ0v) is 12.6. The Bertz CT molecular complexity index is 513. The van der Waals surface area contributed by atoms with Gasteiger partial charge >= 0.3 is 0 Å². The lowest BCUT2D eigenvalue weighted by atomic mass is 9.95. The molecule has 2 rings (SSSR count). The van der Waals surface area contributed by atoms with Crippen LogP contribution in [0.5, 0.6) is 0 Å². The van der Waals surface area contributed by atoms with Crippen LogP contribution in [0, 0.1) is 0 Å². The smallest absolute Gasteiger partial charge is 0.271 e. The van der Waals surface area contributed by atoms with Crippen LogP contribution in [-0.4, -0.2) is 26.0 Å². The van der Waals surface area contributed by atoms with Gasteiger partial charge in [-0.3, -0.25) is 0 Å². The zero-order valence-electron chi connectivity index (χ0n) is 11.0. The lowest BCUT2D eigenvalue weighted by Crippen LogP contribution is -2.39. The third-order valence-electron chi connectivity index (χ3n) is 3.46. The van der Waals surface area contributed by atoms with Crippen molar-refractivity contribution in [1.29, 1.82) is 0 Å². The number of hydrogen-bond acceptors (Lipinski definition) is 5. The molecule has 2 atom stereocenters. The van der Waals surface area contributed by atoms with E-state index in [9.17, 15) is 8.42 Å². The predicted molar refractivity (Wildman–Crippen MR) is 76.5 cm³/mol. The summed E-state index contributed by atoms with van der Waals surface area (Å²) in [5.41, 5.74) is 0. The van der Waals surface area contributed by atoms with E-state index in [-0.39, 0.29) is 5.09 Å². The molecular formula is C12H20N2O3S2. The number of primary sulfonamides is 1. The summed E-state index contributed by atoms with van der Waals surface area (Å²) in [7, 11) is -3.74. The quantitative estimate of drug-likeness (QED) is 0.864. The van der Waals surface area contributed by atoms with E-state index in [1.807, 2.05) is 11.8 Å². The van der Waals surface area contributed by atoms with Crippen LogP contribution < -0.4 is 10.5 Å². The minimum Gasteiger partial charge on any atom is -0.447 e. The van der Waals surface area contributed by atoms with Gasteiger partial charge in [0.25, 0.3) is 10.0 Å². The van der Waals surface area contributed by atoms with Gasteiger partial charge in [-0.1, -0.05) is 12.8 Å². The molecule has 0 amide bonds. The van der Waals surface area contributed by atoms with Crippen molar-refractivity contribution in [1.82, 2.24) is 5.32 Å². The fourth-order valence-electron chi connectivity index (χ4n) is 2.45. The molecule has 1 aromatic rings.